The van der Waals surface area contributed by atoms with Crippen molar-refractivity contribution < 1.29 is 27.4 Å². The van der Waals surface area contributed by atoms with E-state index in [2.05, 4.69) is 16.7 Å². The first kappa shape index (κ1) is 18.5. The van der Waals surface area contributed by atoms with Crippen LogP contribution in [0.3, 0.4) is 0 Å². The number of halogens is 3. The first-order valence-electron chi connectivity index (χ1n) is 8.77. The number of ether oxygens (including phenoxy) is 3. The van der Waals surface area contributed by atoms with Crippen molar-refractivity contribution in [3.8, 4) is 29.1 Å². The SMILES string of the molecule is COc1c2c(cc3c1C(C#Cc1ccc(C(F)(F)F)cc1)N(C)CC3)OCO2. The van der Waals surface area contributed by atoms with Gasteiger partial charge in [0.15, 0.2) is 11.5 Å². The van der Waals surface area contributed by atoms with E-state index in [-0.39, 0.29) is 12.8 Å². The van der Waals surface area contributed by atoms with Crippen LogP contribution in [0, 0.1) is 11.8 Å². The maximum absolute atomic E-state index is 12.7. The van der Waals surface area contributed by atoms with E-state index in [0.29, 0.717) is 22.8 Å². The summed E-state index contributed by atoms with van der Waals surface area (Å²) in [4.78, 5) is 2.09. The Bertz CT molecular complexity index is 958. The molecule has 0 aliphatic carbocycles. The first-order chi connectivity index (χ1) is 13.4. The minimum absolute atomic E-state index is 0.145. The van der Waals surface area contributed by atoms with Crippen molar-refractivity contribution >= 4 is 0 Å². The second kappa shape index (κ2) is 6.95. The van der Waals surface area contributed by atoms with Crippen LogP contribution in [0.15, 0.2) is 30.3 Å². The molecule has 0 fully saturated rings. The maximum atomic E-state index is 12.7. The highest BCUT2D eigenvalue weighted by molar-refractivity contribution is 5.63. The fourth-order valence-corrected chi connectivity index (χ4v) is 3.51. The van der Waals surface area contributed by atoms with Crippen LogP contribution in [0.25, 0.3) is 0 Å². The molecule has 1 atom stereocenters. The summed E-state index contributed by atoms with van der Waals surface area (Å²) in [6.07, 6.45) is -3.54. The lowest BCUT2D eigenvalue weighted by Crippen LogP contribution is -2.31. The van der Waals surface area contributed by atoms with Gasteiger partial charge in [-0.25, -0.2) is 0 Å². The lowest BCUT2D eigenvalue weighted by Gasteiger charge is -2.32. The normalized spacial score (nSPS) is 18.2. The van der Waals surface area contributed by atoms with Crippen LogP contribution >= 0.6 is 0 Å². The van der Waals surface area contributed by atoms with Gasteiger partial charge >= 0.3 is 6.18 Å². The van der Waals surface area contributed by atoms with Gasteiger partial charge in [0, 0.05) is 17.7 Å². The number of benzene rings is 2. The average Bonchev–Trinajstić information content (AvgIpc) is 3.13. The smallest absolute Gasteiger partial charge is 0.416 e. The van der Waals surface area contributed by atoms with Gasteiger partial charge in [0.2, 0.25) is 12.5 Å². The summed E-state index contributed by atoms with van der Waals surface area (Å²) in [7, 11) is 3.53. The highest BCUT2D eigenvalue weighted by atomic mass is 19.4. The summed E-state index contributed by atoms with van der Waals surface area (Å²) < 4.78 is 54.8. The highest BCUT2D eigenvalue weighted by Gasteiger charge is 2.33. The summed E-state index contributed by atoms with van der Waals surface area (Å²) in [5.41, 5.74) is 1.83. The highest BCUT2D eigenvalue weighted by Crippen LogP contribution is 2.49. The Hall–Kier alpha value is -2.85. The predicted molar refractivity (Wildman–Crippen MR) is 96.5 cm³/mol. The number of fused-ring (bicyclic) bond motifs is 2. The number of methoxy groups -OCH3 is 1. The maximum Gasteiger partial charge on any atom is 0.416 e. The molecule has 0 bridgehead atoms. The van der Waals surface area contributed by atoms with E-state index in [1.807, 2.05) is 13.1 Å². The van der Waals surface area contributed by atoms with Crippen LogP contribution in [0.5, 0.6) is 17.2 Å². The second-order valence-electron chi connectivity index (χ2n) is 6.69. The lowest BCUT2D eigenvalue weighted by molar-refractivity contribution is -0.137. The van der Waals surface area contributed by atoms with Crippen molar-refractivity contribution in [2.24, 2.45) is 0 Å². The van der Waals surface area contributed by atoms with E-state index < -0.39 is 11.7 Å². The molecule has 0 aromatic heterocycles. The zero-order chi connectivity index (χ0) is 19.9. The zero-order valence-electron chi connectivity index (χ0n) is 15.4. The van der Waals surface area contributed by atoms with Crippen molar-refractivity contribution in [2.75, 3.05) is 27.5 Å². The molecule has 0 saturated carbocycles. The fraction of sp³-hybridized carbons (Fsp3) is 0.333. The molecule has 2 aromatic rings. The molecule has 2 aliphatic rings. The molecule has 4 rings (SSSR count). The molecule has 7 heteroatoms. The molecule has 28 heavy (non-hydrogen) atoms. The van der Waals surface area contributed by atoms with Crippen molar-refractivity contribution in [2.45, 2.75) is 18.6 Å². The third-order valence-electron chi connectivity index (χ3n) is 4.96. The average molecular weight is 389 g/mol. The molecule has 4 nitrogen and oxygen atoms in total. The van der Waals surface area contributed by atoms with Gasteiger partial charge in [-0.1, -0.05) is 11.8 Å². The van der Waals surface area contributed by atoms with Gasteiger partial charge in [-0.05, 0) is 49.4 Å². The third-order valence-corrected chi connectivity index (χ3v) is 4.96. The van der Waals surface area contributed by atoms with E-state index in [1.165, 1.54) is 12.1 Å². The summed E-state index contributed by atoms with van der Waals surface area (Å²) in [6.45, 7) is 0.939. The summed E-state index contributed by atoms with van der Waals surface area (Å²) in [6, 6.07) is 6.55. The van der Waals surface area contributed by atoms with E-state index in [9.17, 15) is 13.2 Å². The van der Waals surface area contributed by atoms with Gasteiger partial charge in [-0.15, -0.1) is 0 Å². The summed E-state index contributed by atoms with van der Waals surface area (Å²) >= 11 is 0. The van der Waals surface area contributed by atoms with Crippen molar-refractivity contribution in [1.82, 2.24) is 4.90 Å². The molecule has 0 N–H and O–H groups in total. The van der Waals surface area contributed by atoms with Crippen LogP contribution in [-0.4, -0.2) is 32.4 Å². The van der Waals surface area contributed by atoms with E-state index >= 15 is 0 Å². The minimum atomic E-state index is -4.36. The molecular weight excluding hydrogens is 371 g/mol. The molecule has 0 saturated heterocycles. The second-order valence-corrected chi connectivity index (χ2v) is 6.69. The summed E-state index contributed by atoms with van der Waals surface area (Å²) in [5, 5.41) is 0. The summed E-state index contributed by atoms with van der Waals surface area (Å²) in [5.74, 6) is 8.01. The van der Waals surface area contributed by atoms with Gasteiger partial charge < -0.3 is 14.2 Å². The van der Waals surface area contributed by atoms with E-state index in [4.69, 9.17) is 14.2 Å². The Balaban J connectivity index is 1.72. The van der Waals surface area contributed by atoms with Crippen molar-refractivity contribution in [3.63, 3.8) is 0 Å². The largest absolute Gasteiger partial charge is 0.492 e. The van der Waals surface area contributed by atoms with E-state index in [0.717, 1.165) is 36.2 Å². The van der Waals surface area contributed by atoms with Gasteiger partial charge in [0.05, 0.1) is 12.7 Å². The molecular formula is C21H18F3NO3. The quantitative estimate of drug-likeness (QED) is 0.690. The number of alkyl halides is 3. The van der Waals surface area contributed by atoms with Gasteiger partial charge in [-0.3, -0.25) is 4.90 Å². The van der Waals surface area contributed by atoms with Crippen LogP contribution in [-0.2, 0) is 12.6 Å². The van der Waals surface area contributed by atoms with Crippen LogP contribution in [0.2, 0.25) is 0 Å². The number of hydrogen-bond acceptors (Lipinski definition) is 4. The standard InChI is InChI=1S/C21H18F3NO3/c1-25-10-9-14-11-17-19(28-12-27-17)20(26-2)18(14)16(25)8-5-13-3-6-15(7-4-13)21(22,23)24/h3-4,6-7,11,16H,9-10,12H2,1-2H3. The Morgan fingerprint density at radius 1 is 1.18 bits per heavy atom. The van der Waals surface area contributed by atoms with Crippen LogP contribution in [0.4, 0.5) is 13.2 Å². The molecule has 1 unspecified atom stereocenters. The molecule has 0 radical (unpaired) electrons. The monoisotopic (exact) mass is 389 g/mol. The van der Waals surface area contributed by atoms with Gasteiger partial charge in [0.1, 0.15) is 6.04 Å². The Morgan fingerprint density at radius 3 is 2.61 bits per heavy atom. The lowest BCUT2D eigenvalue weighted by atomic mass is 9.91. The Kier molecular flexibility index (Phi) is 4.60. The fourth-order valence-electron chi connectivity index (χ4n) is 3.51. The number of rotatable bonds is 1. The Labute approximate surface area is 160 Å². The van der Waals surface area contributed by atoms with Crippen molar-refractivity contribution in [3.05, 3.63) is 52.6 Å². The molecule has 0 spiro atoms. The molecule has 2 heterocycles. The number of nitrogens with zero attached hydrogens (tertiary/aromatic N) is 1. The predicted octanol–water partition coefficient (Wildman–Crippen LogP) is 4.02. The topological polar surface area (TPSA) is 30.9 Å². The number of likely N-dealkylation sites (N-methyl/N-ethyl adjacent to an activating group) is 1. The molecule has 146 valence electrons. The first-order valence-corrected chi connectivity index (χ1v) is 8.77. The molecule has 0 amide bonds. The van der Waals surface area contributed by atoms with Gasteiger partial charge in [0.25, 0.3) is 0 Å². The van der Waals surface area contributed by atoms with Crippen molar-refractivity contribution in [1.29, 1.82) is 0 Å². The zero-order valence-corrected chi connectivity index (χ0v) is 15.4. The number of hydrogen-bond donors (Lipinski definition) is 0. The Morgan fingerprint density at radius 2 is 1.93 bits per heavy atom. The third kappa shape index (κ3) is 3.25. The molecule has 2 aromatic carbocycles. The van der Waals surface area contributed by atoms with E-state index in [1.54, 1.807) is 7.11 Å². The minimum Gasteiger partial charge on any atom is -0.492 e. The molecule has 2 aliphatic heterocycles. The van der Waals surface area contributed by atoms with Gasteiger partial charge in [-0.2, -0.15) is 13.2 Å². The van der Waals surface area contributed by atoms with Crippen LogP contribution < -0.4 is 14.2 Å². The van der Waals surface area contributed by atoms with Crippen LogP contribution in [0.1, 0.15) is 28.3 Å².